The number of aryl methyl sites for hydroxylation is 1. The van der Waals surface area contributed by atoms with Crippen molar-refractivity contribution in [2.75, 3.05) is 33.3 Å². The molecule has 0 radical (unpaired) electrons. The van der Waals surface area contributed by atoms with Crippen LogP contribution in [0.4, 0.5) is 0 Å². The van der Waals surface area contributed by atoms with Crippen molar-refractivity contribution in [3.8, 4) is 0 Å². The maximum atomic E-state index is 10.4. The zero-order chi connectivity index (χ0) is 18.5. The number of aliphatic imine (C=N–C) groups is 1. The van der Waals surface area contributed by atoms with Crippen LogP contribution in [0.3, 0.4) is 0 Å². The van der Waals surface area contributed by atoms with Gasteiger partial charge in [-0.2, -0.15) is 5.10 Å². The van der Waals surface area contributed by atoms with Crippen LogP contribution in [0.2, 0.25) is 5.02 Å². The second-order valence-corrected chi connectivity index (χ2v) is 6.68. The van der Waals surface area contributed by atoms with Gasteiger partial charge in [0.1, 0.15) is 6.10 Å². The standard InChI is InChI=1S/C18H24ClN5O2.HI/c1-20-18(21-10-16(25)13-3-5-15(19)6-4-13)24-7-8-26-17(12-24)14-9-22-23(2)11-14;/h3-6,9,11,16-17,25H,7-8,10,12H2,1-2H3,(H,20,21);1H. The fourth-order valence-electron chi connectivity index (χ4n) is 2.97. The molecule has 0 spiro atoms. The first-order valence-electron chi connectivity index (χ1n) is 8.56. The minimum Gasteiger partial charge on any atom is -0.387 e. The molecule has 0 aliphatic carbocycles. The molecule has 27 heavy (non-hydrogen) atoms. The highest BCUT2D eigenvalue weighted by molar-refractivity contribution is 14.0. The van der Waals surface area contributed by atoms with E-state index in [0.29, 0.717) is 24.7 Å². The van der Waals surface area contributed by atoms with Crippen molar-refractivity contribution < 1.29 is 9.84 Å². The topological polar surface area (TPSA) is 74.9 Å². The van der Waals surface area contributed by atoms with E-state index >= 15 is 0 Å². The molecule has 2 unspecified atom stereocenters. The van der Waals surface area contributed by atoms with Crippen LogP contribution in [0.5, 0.6) is 0 Å². The minimum atomic E-state index is -0.640. The highest BCUT2D eigenvalue weighted by Crippen LogP contribution is 2.22. The second-order valence-electron chi connectivity index (χ2n) is 6.25. The first kappa shape index (κ1) is 21.9. The fourth-order valence-corrected chi connectivity index (χ4v) is 3.10. The van der Waals surface area contributed by atoms with Crippen molar-refractivity contribution in [1.82, 2.24) is 20.0 Å². The summed E-state index contributed by atoms with van der Waals surface area (Å²) in [4.78, 5) is 6.48. The number of nitrogens with zero attached hydrogens (tertiary/aromatic N) is 4. The van der Waals surface area contributed by atoms with Crippen LogP contribution in [0.15, 0.2) is 41.7 Å². The van der Waals surface area contributed by atoms with Gasteiger partial charge in [-0.15, -0.1) is 24.0 Å². The molecule has 2 N–H and O–H groups in total. The lowest BCUT2D eigenvalue weighted by atomic mass is 10.1. The molecule has 9 heteroatoms. The molecule has 0 amide bonds. The van der Waals surface area contributed by atoms with E-state index in [9.17, 15) is 5.11 Å². The number of hydrogen-bond donors (Lipinski definition) is 2. The number of nitrogens with one attached hydrogen (secondary N) is 1. The van der Waals surface area contributed by atoms with E-state index in [2.05, 4.69) is 20.3 Å². The SMILES string of the molecule is CN=C(NCC(O)c1ccc(Cl)cc1)N1CCOC(c2cnn(C)c2)C1.I. The number of ether oxygens (including phenoxy) is 1. The van der Waals surface area contributed by atoms with Gasteiger partial charge in [0, 0.05) is 44.0 Å². The Bertz CT molecular complexity index is 752. The summed E-state index contributed by atoms with van der Waals surface area (Å²) in [5.74, 6) is 0.746. The van der Waals surface area contributed by atoms with Crippen molar-refractivity contribution in [3.05, 3.63) is 52.8 Å². The quantitative estimate of drug-likeness (QED) is 0.379. The maximum absolute atomic E-state index is 10.4. The number of hydrogen-bond acceptors (Lipinski definition) is 4. The molecule has 0 saturated carbocycles. The van der Waals surface area contributed by atoms with Crippen molar-refractivity contribution >= 4 is 41.5 Å². The molecule has 1 aromatic heterocycles. The number of aliphatic hydroxyl groups is 1. The number of aliphatic hydroxyl groups excluding tert-OH is 1. The molecule has 0 bridgehead atoms. The lowest BCUT2D eigenvalue weighted by Crippen LogP contribution is -2.48. The van der Waals surface area contributed by atoms with Gasteiger partial charge in [-0.25, -0.2) is 0 Å². The number of morpholine rings is 1. The first-order valence-corrected chi connectivity index (χ1v) is 8.94. The average Bonchev–Trinajstić information content (AvgIpc) is 3.09. The van der Waals surface area contributed by atoms with E-state index in [1.807, 2.05) is 31.6 Å². The molecule has 1 aromatic carbocycles. The molecule has 7 nitrogen and oxygen atoms in total. The summed E-state index contributed by atoms with van der Waals surface area (Å²) in [5, 5.41) is 18.5. The molecule has 1 aliphatic heterocycles. The van der Waals surface area contributed by atoms with Crippen LogP contribution in [0.25, 0.3) is 0 Å². The van der Waals surface area contributed by atoms with Gasteiger partial charge in [0.05, 0.1) is 25.5 Å². The van der Waals surface area contributed by atoms with Crippen molar-refractivity contribution in [1.29, 1.82) is 0 Å². The Balaban J connectivity index is 0.00000261. The summed E-state index contributed by atoms with van der Waals surface area (Å²) in [5.41, 5.74) is 1.86. The Kier molecular flexibility index (Phi) is 8.33. The Labute approximate surface area is 181 Å². The highest BCUT2D eigenvalue weighted by Gasteiger charge is 2.25. The number of guanidine groups is 1. The number of benzene rings is 1. The van der Waals surface area contributed by atoms with E-state index in [0.717, 1.165) is 23.6 Å². The summed E-state index contributed by atoms with van der Waals surface area (Å²) < 4.78 is 7.64. The van der Waals surface area contributed by atoms with Gasteiger partial charge < -0.3 is 20.1 Å². The summed E-state index contributed by atoms with van der Waals surface area (Å²) in [6.07, 6.45) is 3.11. The van der Waals surface area contributed by atoms with Crippen molar-refractivity contribution in [2.24, 2.45) is 12.0 Å². The molecule has 1 aliphatic rings. The summed E-state index contributed by atoms with van der Waals surface area (Å²) in [6, 6.07) is 7.19. The van der Waals surface area contributed by atoms with Gasteiger partial charge in [0.25, 0.3) is 0 Å². The van der Waals surface area contributed by atoms with Gasteiger partial charge >= 0.3 is 0 Å². The zero-order valence-electron chi connectivity index (χ0n) is 15.4. The largest absolute Gasteiger partial charge is 0.387 e. The van der Waals surface area contributed by atoms with E-state index in [1.165, 1.54) is 0 Å². The third kappa shape index (κ3) is 5.81. The van der Waals surface area contributed by atoms with Gasteiger partial charge in [-0.3, -0.25) is 9.67 Å². The molecule has 2 atom stereocenters. The molecule has 2 heterocycles. The molecular weight excluding hydrogens is 481 g/mol. The highest BCUT2D eigenvalue weighted by atomic mass is 127. The molecular formula is C18H25ClIN5O2. The monoisotopic (exact) mass is 505 g/mol. The van der Waals surface area contributed by atoms with Crippen LogP contribution in [-0.2, 0) is 11.8 Å². The third-order valence-corrected chi connectivity index (χ3v) is 4.63. The van der Waals surface area contributed by atoms with Gasteiger partial charge in [0.2, 0.25) is 0 Å². The first-order chi connectivity index (χ1) is 12.6. The Morgan fingerprint density at radius 3 is 2.81 bits per heavy atom. The third-order valence-electron chi connectivity index (χ3n) is 4.38. The van der Waals surface area contributed by atoms with Crippen LogP contribution >= 0.6 is 35.6 Å². The van der Waals surface area contributed by atoms with Gasteiger partial charge in [-0.05, 0) is 17.7 Å². The molecule has 1 fully saturated rings. The van der Waals surface area contributed by atoms with Crippen LogP contribution in [-0.4, -0.2) is 59.0 Å². The maximum Gasteiger partial charge on any atom is 0.193 e. The molecule has 1 saturated heterocycles. The smallest absolute Gasteiger partial charge is 0.193 e. The average molecular weight is 506 g/mol. The Morgan fingerprint density at radius 1 is 1.44 bits per heavy atom. The van der Waals surface area contributed by atoms with E-state index < -0.39 is 6.10 Å². The van der Waals surface area contributed by atoms with E-state index in [1.54, 1.807) is 23.9 Å². The predicted octanol–water partition coefficient (Wildman–Crippen LogP) is 2.37. The van der Waals surface area contributed by atoms with Gasteiger partial charge in [-0.1, -0.05) is 23.7 Å². The van der Waals surface area contributed by atoms with Crippen molar-refractivity contribution in [2.45, 2.75) is 12.2 Å². The summed E-state index contributed by atoms with van der Waals surface area (Å²) >= 11 is 5.89. The van der Waals surface area contributed by atoms with Crippen LogP contribution in [0, 0.1) is 0 Å². The van der Waals surface area contributed by atoms with Crippen LogP contribution < -0.4 is 5.32 Å². The predicted molar refractivity (Wildman–Crippen MR) is 117 cm³/mol. The number of aromatic nitrogens is 2. The Morgan fingerprint density at radius 2 is 2.19 bits per heavy atom. The van der Waals surface area contributed by atoms with Gasteiger partial charge in [0.15, 0.2) is 5.96 Å². The van der Waals surface area contributed by atoms with Crippen molar-refractivity contribution in [3.63, 3.8) is 0 Å². The Hall–Kier alpha value is -1.36. The lowest BCUT2D eigenvalue weighted by molar-refractivity contribution is -0.00821. The second kappa shape index (κ2) is 10.3. The van der Waals surface area contributed by atoms with E-state index in [4.69, 9.17) is 16.3 Å². The number of rotatable bonds is 4. The lowest BCUT2D eigenvalue weighted by Gasteiger charge is -2.35. The summed E-state index contributed by atoms with van der Waals surface area (Å²) in [7, 11) is 3.63. The molecule has 3 rings (SSSR count). The normalized spacial score (nSPS) is 18.7. The zero-order valence-corrected chi connectivity index (χ0v) is 18.5. The molecule has 148 valence electrons. The fraction of sp³-hybridized carbons (Fsp3) is 0.444. The minimum absolute atomic E-state index is 0. The number of halogens is 2. The molecule has 2 aromatic rings. The van der Waals surface area contributed by atoms with Crippen LogP contribution in [0.1, 0.15) is 23.3 Å². The van der Waals surface area contributed by atoms with E-state index in [-0.39, 0.29) is 30.1 Å². The summed E-state index contributed by atoms with van der Waals surface area (Å²) in [6.45, 7) is 2.40.